The Kier molecular flexibility index (Phi) is 10.2. The van der Waals surface area contributed by atoms with Crippen LogP contribution in [0.1, 0.15) is 85.0 Å². The molecule has 2 amide bonds. The third kappa shape index (κ3) is 7.37. The molecule has 2 N–H and O–H groups in total. The van der Waals surface area contributed by atoms with E-state index in [9.17, 15) is 9.59 Å². The van der Waals surface area contributed by atoms with E-state index in [1.165, 1.54) is 44.9 Å². The molecule has 5 heteroatoms. The molecule has 0 aromatic heterocycles. The highest BCUT2D eigenvalue weighted by molar-refractivity contribution is 5.94. The number of carbonyl (C=O) groups is 2. The highest BCUT2D eigenvalue weighted by Crippen LogP contribution is 2.20. The van der Waals surface area contributed by atoms with Crippen molar-refractivity contribution in [2.75, 3.05) is 6.61 Å². The van der Waals surface area contributed by atoms with Crippen LogP contribution in [0.3, 0.4) is 0 Å². The SMILES string of the molecule is CCCCCCCCCCCC1NC(=O)NC(C)=C1C(=O)OCC. The minimum Gasteiger partial charge on any atom is -0.463 e. The maximum atomic E-state index is 12.1. The van der Waals surface area contributed by atoms with Crippen molar-refractivity contribution in [2.45, 2.75) is 91.0 Å². The fourth-order valence-electron chi connectivity index (χ4n) is 3.15. The van der Waals surface area contributed by atoms with Crippen molar-refractivity contribution in [1.29, 1.82) is 0 Å². The lowest BCUT2D eigenvalue weighted by Gasteiger charge is -2.27. The topological polar surface area (TPSA) is 67.4 Å². The lowest BCUT2D eigenvalue weighted by molar-refractivity contribution is -0.139. The number of urea groups is 1. The fraction of sp³-hybridized carbons (Fsp3) is 0.789. The number of hydrogen-bond acceptors (Lipinski definition) is 3. The van der Waals surface area contributed by atoms with Crippen molar-refractivity contribution in [3.63, 3.8) is 0 Å². The van der Waals surface area contributed by atoms with E-state index in [2.05, 4.69) is 17.6 Å². The Morgan fingerprint density at radius 3 is 2.17 bits per heavy atom. The molecule has 0 saturated heterocycles. The predicted octanol–water partition coefficient (Wildman–Crippen LogP) is 4.43. The van der Waals surface area contributed by atoms with Gasteiger partial charge in [0.1, 0.15) is 0 Å². The van der Waals surface area contributed by atoms with Crippen LogP contribution >= 0.6 is 0 Å². The van der Waals surface area contributed by atoms with Crippen molar-refractivity contribution in [1.82, 2.24) is 10.6 Å². The van der Waals surface area contributed by atoms with Crippen molar-refractivity contribution in [3.05, 3.63) is 11.3 Å². The summed E-state index contributed by atoms with van der Waals surface area (Å²) in [5, 5.41) is 5.52. The van der Waals surface area contributed by atoms with Crippen LogP contribution in [0.25, 0.3) is 0 Å². The van der Waals surface area contributed by atoms with Gasteiger partial charge in [-0.1, -0.05) is 64.7 Å². The second-order valence-electron chi connectivity index (χ2n) is 6.53. The summed E-state index contributed by atoms with van der Waals surface area (Å²) in [6, 6.07) is -0.469. The van der Waals surface area contributed by atoms with Gasteiger partial charge < -0.3 is 15.4 Å². The molecule has 1 aliphatic rings. The number of ether oxygens (including phenoxy) is 1. The molecule has 0 bridgehead atoms. The highest BCUT2D eigenvalue weighted by atomic mass is 16.5. The molecule has 1 atom stereocenters. The van der Waals surface area contributed by atoms with Crippen LogP contribution < -0.4 is 10.6 Å². The lowest BCUT2D eigenvalue weighted by Crippen LogP contribution is -2.49. The van der Waals surface area contributed by atoms with E-state index in [-0.39, 0.29) is 18.0 Å². The third-order valence-electron chi connectivity index (χ3n) is 4.45. The molecule has 1 unspecified atom stereocenters. The van der Waals surface area contributed by atoms with Gasteiger partial charge in [0.15, 0.2) is 0 Å². The third-order valence-corrected chi connectivity index (χ3v) is 4.45. The van der Waals surface area contributed by atoms with Gasteiger partial charge in [-0.05, 0) is 20.3 Å². The number of carbonyl (C=O) groups excluding carboxylic acids is 2. The molecule has 138 valence electrons. The Labute approximate surface area is 146 Å². The second kappa shape index (κ2) is 11.9. The summed E-state index contributed by atoms with van der Waals surface area (Å²) in [7, 11) is 0. The summed E-state index contributed by atoms with van der Waals surface area (Å²) in [5.41, 5.74) is 1.18. The molecular formula is C19H34N2O3. The Hall–Kier alpha value is -1.52. The maximum Gasteiger partial charge on any atom is 0.337 e. The number of hydrogen-bond donors (Lipinski definition) is 2. The number of unbranched alkanes of at least 4 members (excludes halogenated alkanes) is 8. The summed E-state index contributed by atoms with van der Waals surface area (Å²) < 4.78 is 5.12. The molecule has 0 fully saturated rings. The first-order chi connectivity index (χ1) is 11.6. The van der Waals surface area contributed by atoms with E-state index in [4.69, 9.17) is 4.74 Å². The predicted molar refractivity (Wildman–Crippen MR) is 96.6 cm³/mol. The van der Waals surface area contributed by atoms with Crippen LogP contribution in [-0.2, 0) is 9.53 Å². The zero-order valence-electron chi connectivity index (χ0n) is 15.6. The van der Waals surface area contributed by atoms with Crippen LogP contribution in [-0.4, -0.2) is 24.6 Å². The van der Waals surface area contributed by atoms with Gasteiger partial charge in [-0.15, -0.1) is 0 Å². The average Bonchev–Trinajstić information content (AvgIpc) is 2.53. The molecular weight excluding hydrogens is 304 g/mol. The zero-order valence-corrected chi connectivity index (χ0v) is 15.6. The summed E-state index contributed by atoms with van der Waals surface area (Å²) in [6.45, 7) is 6.13. The molecule has 1 rings (SSSR count). The fourth-order valence-corrected chi connectivity index (χ4v) is 3.15. The number of esters is 1. The molecule has 0 aromatic carbocycles. The quantitative estimate of drug-likeness (QED) is 0.409. The summed E-state index contributed by atoms with van der Waals surface area (Å²) in [4.78, 5) is 23.8. The minimum atomic E-state index is -0.330. The summed E-state index contributed by atoms with van der Waals surface area (Å²) >= 11 is 0. The van der Waals surface area contributed by atoms with Gasteiger partial charge in [0.2, 0.25) is 0 Å². The summed E-state index contributed by atoms with van der Waals surface area (Å²) in [6.07, 6.45) is 12.1. The molecule has 1 aliphatic heterocycles. The first kappa shape index (κ1) is 20.5. The molecule has 0 radical (unpaired) electrons. The monoisotopic (exact) mass is 338 g/mol. The van der Waals surface area contributed by atoms with E-state index in [0.29, 0.717) is 17.9 Å². The maximum absolute atomic E-state index is 12.1. The Bertz CT molecular complexity index is 432. The largest absolute Gasteiger partial charge is 0.463 e. The van der Waals surface area contributed by atoms with E-state index >= 15 is 0 Å². The Morgan fingerprint density at radius 2 is 1.58 bits per heavy atom. The molecule has 0 aromatic rings. The molecule has 1 heterocycles. The molecule has 0 spiro atoms. The van der Waals surface area contributed by atoms with Gasteiger partial charge >= 0.3 is 12.0 Å². The number of amides is 2. The van der Waals surface area contributed by atoms with Crippen molar-refractivity contribution >= 4 is 12.0 Å². The molecule has 0 saturated carbocycles. The van der Waals surface area contributed by atoms with Crippen LogP contribution in [0.4, 0.5) is 4.79 Å². The van der Waals surface area contributed by atoms with Crippen molar-refractivity contribution < 1.29 is 14.3 Å². The smallest absolute Gasteiger partial charge is 0.337 e. The van der Waals surface area contributed by atoms with Gasteiger partial charge in [0, 0.05) is 5.70 Å². The molecule has 0 aliphatic carbocycles. The van der Waals surface area contributed by atoms with Crippen LogP contribution in [0.5, 0.6) is 0 Å². The van der Waals surface area contributed by atoms with Crippen LogP contribution in [0, 0.1) is 0 Å². The second-order valence-corrected chi connectivity index (χ2v) is 6.53. The van der Waals surface area contributed by atoms with E-state index in [1.54, 1.807) is 13.8 Å². The first-order valence-electron chi connectivity index (χ1n) is 9.55. The van der Waals surface area contributed by atoms with Gasteiger partial charge in [-0.2, -0.15) is 0 Å². The minimum absolute atomic E-state index is 0.234. The van der Waals surface area contributed by atoms with Crippen molar-refractivity contribution in [2.24, 2.45) is 0 Å². The Morgan fingerprint density at radius 1 is 1.00 bits per heavy atom. The Balaban J connectivity index is 2.32. The zero-order chi connectivity index (χ0) is 17.8. The molecule has 24 heavy (non-hydrogen) atoms. The lowest BCUT2D eigenvalue weighted by atomic mass is 9.96. The van der Waals surface area contributed by atoms with Gasteiger partial charge in [0.05, 0.1) is 18.2 Å². The number of rotatable bonds is 12. The van der Waals surface area contributed by atoms with Gasteiger partial charge in [0.25, 0.3) is 0 Å². The van der Waals surface area contributed by atoms with Crippen LogP contribution in [0.2, 0.25) is 0 Å². The van der Waals surface area contributed by atoms with Crippen molar-refractivity contribution in [3.8, 4) is 0 Å². The normalized spacial score (nSPS) is 17.5. The van der Waals surface area contributed by atoms with E-state index in [0.717, 1.165) is 19.3 Å². The van der Waals surface area contributed by atoms with Gasteiger partial charge in [-0.3, -0.25) is 0 Å². The van der Waals surface area contributed by atoms with Gasteiger partial charge in [-0.25, -0.2) is 9.59 Å². The summed E-state index contributed by atoms with van der Waals surface area (Å²) in [5.74, 6) is -0.330. The molecule has 5 nitrogen and oxygen atoms in total. The highest BCUT2D eigenvalue weighted by Gasteiger charge is 2.30. The van der Waals surface area contributed by atoms with E-state index < -0.39 is 0 Å². The van der Waals surface area contributed by atoms with E-state index in [1.807, 2.05) is 0 Å². The standard InChI is InChI=1S/C19H34N2O3/c1-4-6-7-8-9-10-11-12-13-14-16-17(18(22)24-5-2)15(3)20-19(23)21-16/h16H,4-14H2,1-3H3,(H2,20,21,23). The number of allylic oxidation sites excluding steroid dienone is 1. The number of nitrogens with one attached hydrogen (secondary N) is 2. The average molecular weight is 338 g/mol. The van der Waals surface area contributed by atoms with Crippen LogP contribution in [0.15, 0.2) is 11.3 Å². The first-order valence-corrected chi connectivity index (χ1v) is 9.55.